The van der Waals surface area contributed by atoms with E-state index in [0.29, 0.717) is 23.5 Å². The van der Waals surface area contributed by atoms with Crippen LogP contribution in [0.5, 0.6) is 0 Å². The number of rotatable bonds is 5. The number of nitrogens with zero attached hydrogens (tertiary/aromatic N) is 3. The molecule has 2 amide bonds. The van der Waals surface area contributed by atoms with E-state index >= 15 is 0 Å². The Hall–Kier alpha value is -3.04. The zero-order valence-electron chi connectivity index (χ0n) is 15.3. The van der Waals surface area contributed by atoms with E-state index in [2.05, 4.69) is 10.2 Å². The molecule has 1 N–H and O–H groups in total. The van der Waals surface area contributed by atoms with Crippen LogP contribution in [0.2, 0.25) is 0 Å². The minimum atomic E-state index is -0.496. The molecule has 0 atom stereocenters. The fourth-order valence-corrected chi connectivity index (χ4v) is 3.44. The first-order valence-corrected chi connectivity index (χ1v) is 9.61. The second-order valence-electron chi connectivity index (χ2n) is 6.44. The topological polar surface area (TPSA) is 95.8 Å². The number of benzene rings is 1. The fourth-order valence-electron chi connectivity index (χ4n) is 2.82. The molecule has 1 fully saturated rings. The molecule has 9 heteroatoms. The number of non-ortho nitro benzene ring substituents is 1. The minimum Gasteiger partial charge on any atom is -0.335 e. The van der Waals surface area contributed by atoms with Gasteiger partial charge in [0.25, 0.3) is 17.5 Å². The van der Waals surface area contributed by atoms with Gasteiger partial charge in [0.05, 0.1) is 9.80 Å². The molecule has 2 heterocycles. The van der Waals surface area contributed by atoms with E-state index in [4.69, 9.17) is 0 Å². The number of nitro benzene ring substituents is 1. The smallest absolute Gasteiger partial charge is 0.270 e. The van der Waals surface area contributed by atoms with Gasteiger partial charge < -0.3 is 15.1 Å². The van der Waals surface area contributed by atoms with Gasteiger partial charge in [-0.25, -0.2) is 0 Å². The number of likely N-dealkylation sites (N-methyl/N-ethyl adjacent to an activating group) is 1. The Bertz CT molecular complexity index is 902. The molecule has 1 aromatic carbocycles. The summed E-state index contributed by atoms with van der Waals surface area (Å²) in [6.07, 6.45) is 1.49. The van der Waals surface area contributed by atoms with Crippen molar-refractivity contribution in [3.8, 4) is 0 Å². The predicted octanol–water partition coefficient (Wildman–Crippen LogP) is 2.20. The van der Waals surface area contributed by atoms with Gasteiger partial charge >= 0.3 is 0 Å². The van der Waals surface area contributed by atoms with Gasteiger partial charge in [-0.05, 0) is 30.1 Å². The number of carbonyl (C=O) groups is 2. The number of nitrogens with one attached hydrogen (secondary N) is 1. The molecule has 0 aliphatic carbocycles. The monoisotopic (exact) mass is 400 g/mol. The first-order chi connectivity index (χ1) is 13.4. The quantitative estimate of drug-likeness (QED) is 0.472. The van der Waals surface area contributed by atoms with Crippen molar-refractivity contribution in [2.45, 2.75) is 0 Å². The highest BCUT2D eigenvalue weighted by Gasteiger charge is 2.24. The number of carbonyl (C=O) groups excluding carboxylic acids is 2. The van der Waals surface area contributed by atoms with E-state index in [1.54, 1.807) is 34.5 Å². The summed E-state index contributed by atoms with van der Waals surface area (Å²) >= 11 is 1.27. The van der Waals surface area contributed by atoms with Crippen molar-refractivity contribution in [2.75, 3.05) is 33.2 Å². The zero-order valence-corrected chi connectivity index (χ0v) is 16.1. The van der Waals surface area contributed by atoms with Gasteiger partial charge in [0.2, 0.25) is 0 Å². The molecule has 0 radical (unpaired) electrons. The highest BCUT2D eigenvalue weighted by molar-refractivity contribution is 7.12. The summed E-state index contributed by atoms with van der Waals surface area (Å²) in [5, 5.41) is 15.5. The molecule has 1 aliphatic heterocycles. The lowest BCUT2D eigenvalue weighted by molar-refractivity contribution is -0.384. The van der Waals surface area contributed by atoms with Crippen LogP contribution in [0.3, 0.4) is 0 Å². The van der Waals surface area contributed by atoms with Crippen LogP contribution in [0, 0.1) is 10.1 Å². The third-order valence-electron chi connectivity index (χ3n) is 4.41. The van der Waals surface area contributed by atoms with Gasteiger partial charge in [0, 0.05) is 38.3 Å². The number of nitro groups is 1. The van der Waals surface area contributed by atoms with Crippen LogP contribution in [0.15, 0.2) is 47.5 Å². The second-order valence-corrected chi connectivity index (χ2v) is 7.38. The lowest BCUT2D eigenvalue weighted by atomic mass is 10.1. The summed E-state index contributed by atoms with van der Waals surface area (Å²) in [4.78, 5) is 40.3. The van der Waals surface area contributed by atoms with Crippen molar-refractivity contribution in [1.29, 1.82) is 0 Å². The van der Waals surface area contributed by atoms with Crippen LogP contribution in [0.1, 0.15) is 15.2 Å². The summed E-state index contributed by atoms with van der Waals surface area (Å²) in [6.45, 7) is 2.59. The minimum absolute atomic E-state index is 0.0790. The molecule has 1 aromatic heterocycles. The van der Waals surface area contributed by atoms with E-state index in [-0.39, 0.29) is 23.2 Å². The van der Waals surface area contributed by atoms with Gasteiger partial charge in [-0.3, -0.25) is 19.7 Å². The molecule has 1 aliphatic rings. The number of amides is 2. The lowest BCUT2D eigenvalue weighted by Crippen LogP contribution is -2.49. The molecule has 0 saturated carbocycles. The molecule has 2 aromatic rings. The van der Waals surface area contributed by atoms with Crippen LogP contribution in [0.4, 0.5) is 5.69 Å². The number of piperazine rings is 1. The second kappa shape index (κ2) is 8.77. The first-order valence-electron chi connectivity index (χ1n) is 8.73. The summed E-state index contributed by atoms with van der Waals surface area (Å²) < 4.78 is 0. The average Bonchev–Trinajstić information content (AvgIpc) is 3.22. The maximum Gasteiger partial charge on any atom is 0.270 e. The van der Waals surface area contributed by atoms with Crippen LogP contribution in [0.25, 0.3) is 6.08 Å². The maximum atomic E-state index is 13.0. The van der Waals surface area contributed by atoms with Gasteiger partial charge in [-0.1, -0.05) is 18.2 Å². The van der Waals surface area contributed by atoms with E-state index in [9.17, 15) is 19.7 Å². The number of hydrogen-bond donors (Lipinski definition) is 1. The van der Waals surface area contributed by atoms with Crippen molar-refractivity contribution in [1.82, 2.24) is 15.1 Å². The van der Waals surface area contributed by atoms with Crippen LogP contribution in [-0.4, -0.2) is 59.8 Å². The highest BCUT2D eigenvalue weighted by Crippen LogP contribution is 2.17. The summed E-state index contributed by atoms with van der Waals surface area (Å²) in [6, 6.07) is 9.37. The average molecular weight is 400 g/mol. The molecule has 1 saturated heterocycles. The van der Waals surface area contributed by atoms with E-state index in [1.807, 2.05) is 7.05 Å². The lowest BCUT2D eigenvalue weighted by Gasteiger charge is -2.33. The number of hydrogen-bond acceptors (Lipinski definition) is 6. The third-order valence-corrected chi connectivity index (χ3v) is 5.27. The van der Waals surface area contributed by atoms with Gasteiger partial charge in [0.1, 0.15) is 5.70 Å². The molecule has 8 nitrogen and oxygen atoms in total. The van der Waals surface area contributed by atoms with Crippen molar-refractivity contribution >= 4 is 34.9 Å². The van der Waals surface area contributed by atoms with Crippen molar-refractivity contribution < 1.29 is 14.5 Å². The molecular weight excluding hydrogens is 380 g/mol. The Labute approximate surface area is 166 Å². The molecule has 28 heavy (non-hydrogen) atoms. The Morgan fingerprint density at radius 3 is 2.57 bits per heavy atom. The SMILES string of the molecule is CN1CCN(C(=O)/C(=C/c2cccc([N+](=O)[O-])c2)NC(=O)c2cccs2)CC1. The standard InChI is InChI=1S/C19H20N4O4S/c1-21-7-9-22(10-8-21)19(25)16(20-18(24)17-6-3-11-28-17)13-14-4-2-5-15(12-14)23(26)27/h2-6,11-13H,7-10H2,1H3,(H,20,24)/b16-13-. The summed E-state index contributed by atoms with van der Waals surface area (Å²) in [7, 11) is 1.99. The molecular formula is C19H20N4O4S. The fraction of sp³-hybridized carbons (Fsp3) is 0.263. The van der Waals surface area contributed by atoms with Crippen molar-refractivity contribution in [3.05, 3.63) is 68.0 Å². The van der Waals surface area contributed by atoms with Crippen molar-refractivity contribution in [2.24, 2.45) is 0 Å². The van der Waals surface area contributed by atoms with E-state index in [1.165, 1.54) is 29.5 Å². The molecule has 0 unspecified atom stereocenters. The Morgan fingerprint density at radius 1 is 1.18 bits per heavy atom. The van der Waals surface area contributed by atoms with E-state index in [0.717, 1.165) is 13.1 Å². The van der Waals surface area contributed by atoms with Crippen molar-refractivity contribution in [3.63, 3.8) is 0 Å². The normalized spacial score (nSPS) is 15.3. The van der Waals surface area contributed by atoms with Crippen LogP contribution >= 0.6 is 11.3 Å². The first kappa shape index (κ1) is 19.7. The van der Waals surface area contributed by atoms with E-state index < -0.39 is 4.92 Å². The van der Waals surface area contributed by atoms with Gasteiger partial charge in [0.15, 0.2) is 0 Å². The van der Waals surface area contributed by atoms with Crippen LogP contribution < -0.4 is 5.32 Å². The molecule has 3 rings (SSSR count). The largest absolute Gasteiger partial charge is 0.335 e. The Morgan fingerprint density at radius 2 is 1.93 bits per heavy atom. The number of thiophene rings is 1. The zero-order chi connectivity index (χ0) is 20.1. The summed E-state index contributed by atoms with van der Waals surface area (Å²) in [5.74, 6) is -0.682. The third kappa shape index (κ3) is 4.81. The van der Waals surface area contributed by atoms with Gasteiger partial charge in [-0.15, -0.1) is 11.3 Å². The molecule has 146 valence electrons. The Balaban J connectivity index is 1.89. The molecule has 0 bridgehead atoms. The molecule has 0 spiro atoms. The highest BCUT2D eigenvalue weighted by atomic mass is 32.1. The van der Waals surface area contributed by atoms with Crippen LogP contribution in [-0.2, 0) is 4.79 Å². The van der Waals surface area contributed by atoms with Gasteiger partial charge in [-0.2, -0.15) is 0 Å². The summed E-state index contributed by atoms with van der Waals surface area (Å²) in [5.41, 5.74) is 0.492. The maximum absolute atomic E-state index is 13.0. The predicted molar refractivity (Wildman–Crippen MR) is 107 cm³/mol. The Kier molecular flexibility index (Phi) is 6.17.